The number of nitrogens with one attached hydrogen (secondary N) is 1. The van der Waals surface area contributed by atoms with Crippen molar-refractivity contribution in [1.82, 2.24) is 14.7 Å². The van der Waals surface area contributed by atoms with E-state index in [4.69, 9.17) is 9.57 Å². The lowest BCUT2D eigenvalue weighted by Gasteiger charge is -2.30. The van der Waals surface area contributed by atoms with Gasteiger partial charge in [-0.15, -0.1) is 0 Å². The zero-order chi connectivity index (χ0) is 22.7. The summed E-state index contributed by atoms with van der Waals surface area (Å²) in [6.07, 6.45) is -1.73. The summed E-state index contributed by atoms with van der Waals surface area (Å²) in [5.41, 5.74) is -1.11. The molecule has 1 saturated heterocycles. The molecule has 0 radical (unpaired) electrons. The summed E-state index contributed by atoms with van der Waals surface area (Å²) in [5, 5.41) is 3.02. The molecule has 1 aromatic carbocycles. The summed E-state index contributed by atoms with van der Waals surface area (Å²) in [4.78, 5) is 30.0. The lowest BCUT2D eigenvalue weighted by atomic mass is 10.2. The van der Waals surface area contributed by atoms with Gasteiger partial charge in [-0.3, -0.25) is 4.84 Å². The number of amides is 2. The fourth-order valence-corrected chi connectivity index (χ4v) is 5.19. The second-order valence-electron chi connectivity index (χ2n) is 7.53. The second kappa shape index (κ2) is 8.78. The van der Waals surface area contributed by atoms with Crippen LogP contribution in [-0.2, 0) is 29.4 Å². The Morgan fingerprint density at radius 1 is 1.03 bits per heavy atom. The summed E-state index contributed by atoms with van der Waals surface area (Å²) in [6, 6.07) is 4.70. The average Bonchev–Trinajstić information content (AvgIpc) is 2.64. The first-order valence-corrected chi connectivity index (χ1v) is 12.3. The third kappa shape index (κ3) is 5.83. The van der Waals surface area contributed by atoms with E-state index in [2.05, 4.69) is 5.32 Å². The Kier molecular flexibility index (Phi) is 6.99. The van der Waals surface area contributed by atoms with Gasteiger partial charge in [0.25, 0.3) is 0 Å². The second-order valence-corrected chi connectivity index (χ2v) is 11.2. The molecule has 0 aromatic heterocycles. The number of nitrogens with zero attached hydrogens (tertiary/aromatic N) is 2. The Bertz CT molecular complexity index is 1010. The van der Waals surface area contributed by atoms with Crippen molar-refractivity contribution in [3.63, 3.8) is 0 Å². The molecular formula is C17H25N3O8S2. The predicted molar refractivity (Wildman–Crippen MR) is 106 cm³/mol. The van der Waals surface area contributed by atoms with Gasteiger partial charge >= 0.3 is 22.2 Å². The Morgan fingerprint density at radius 2 is 1.57 bits per heavy atom. The normalized spacial score (nSPS) is 15.4. The van der Waals surface area contributed by atoms with Crippen molar-refractivity contribution < 1.29 is 36.0 Å². The van der Waals surface area contributed by atoms with Crippen molar-refractivity contribution in [2.75, 3.05) is 32.4 Å². The molecule has 2 rings (SSSR count). The summed E-state index contributed by atoms with van der Waals surface area (Å²) in [7, 11) is -8.90. The molecule has 0 unspecified atom stereocenters. The number of hydrogen-bond acceptors (Lipinski definition) is 9. The Morgan fingerprint density at radius 3 is 2.07 bits per heavy atom. The molecule has 168 valence electrons. The monoisotopic (exact) mass is 463 g/mol. The summed E-state index contributed by atoms with van der Waals surface area (Å²) >= 11 is 0. The number of hydrogen-bond donors (Lipinski definition) is 1. The number of rotatable bonds is 3. The van der Waals surface area contributed by atoms with Crippen LogP contribution in [0.2, 0.25) is 0 Å². The van der Waals surface area contributed by atoms with Gasteiger partial charge in [-0.05, 0) is 37.4 Å². The molecule has 1 heterocycles. The van der Waals surface area contributed by atoms with Gasteiger partial charge in [0.15, 0.2) is 9.84 Å². The van der Waals surface area contributed by atoms with Gasteiger partial charge in [0.1, 0.15) is 10.5 Å². The van der Waals surface area contributed by atoms with Crippen molar-refractivity contribution >= 4 is 32.0 Å². The van der Waals surface area contributed by atoms with Crippen molar-refractivity contribution in [2.24, 2.45) is 0 Å². The van der Waals surface area contributed by atoms with Crippen LogP contribution >= 0.6 is 0 Å². The summed E-state index contributed by atoms with van der Waals surface area (Å²) in [5.74, 6) is 0. The first-order valence-electron chi connectivity index (χ1n) is 8.98. The van der Waals surface area contributed by atoms with E-state index in [0.717, 1.165) is 18.4 Å². The molecule has 0 saturated carbocycles. The Balaban J connectivity index is 2.50. The number of carbonyl (C=O) groups is 2. The lowest BCUT2D eigenvalue weighted by molar-refractivity contribution is -0.0583. The highest BCUT2D eigenvalue weighted by Gasteiger charge is 2.40. The molecular weight excluding hydrogens is 438 g/mol. The number of sulfone groups is 1. The minimum Gasteiger partial charge on any atom is -0.441 e. The largest absolute Gasteiger partial charge is 0.459 e. The van der Waals surface area contributed by atoms with E-state index in [-0.39, 0.29) is 17.6 Å². The molecule has 11 nitrogen and oxygen atoms in total. The van der Waals surface area contributed by atoms with Crippen LogP contribution in [0.4, 0.5) is 9.59 Å². The molecule has 13 heteroatoms. The third-order valence-electron chi connectivity index (χ3n) is 3.82. The number of ether oxygens (including phenoxy) is 1. The van der Waals surface area contributed by atoms with Crippen molar-refractivity contribution in [3.05, 3.63) is 24.3 Å². The molecule has 1 aliphatic rings. The van der Waals surface area contributed by atoms with E-state index >= 15 is 0 Å². The van der Waals surface area contributed by atoms with Gasteiger partial charge in [-0.2, -0.15) is 8.42 Å². The molecule has 2 amide bonds. The van der Waals surface area contributed by atoms with Crippen LogP contribution in [0.15, 0.2) is 34.1 Å². The number of sulfonamides is 1. The van der Waals surface area contributed by atoms with E-state index in [9.17, 15) is 26.4 Å². The van der Waals surface area contributed by atoms with Crippen LogP contribution in [0.1, 0.15) is 20.8 Å². The summed E-state index contributed by atoms with van der Waals surface area (Å²) in [6.45, 7) is 5.90. The zero-order valence-corrected chi connectivity index (χ0v) is 18.7. The van der Waals surface area contributed by atoms with Crippen LogP contribution in [0.25, 0.3) is 0 Å². The smallest absolute Gasteiger partial charge is 0.441 e. The van der Waals surface area contributed by atoms with Crippen LogP contribution in [0.5, 0.6) is 0 Å². The number of piperazine rings is 1. The van der Waals surface area contributed by atoms with Crippen molar-refractivity contribution in [1.29, 1.82) is 0 Å². The minimum absolute atomic E-state index is 0.202. The van der Waals surface area contributed by atoms with Crippen LogP contribution < -0.4 is 5.32 Å². The number of hydroxylamine groups is 1. The lowest BCUT2D eigenvalue weighted by Crippen LogP contribution is -2.50. The highest BCUT2D eigenvalue weighted by Crippen LogP contribution is 2.26. The molecule has 1 N–H and O–H groups in total. The van der Waals surface area contributed by atoms with Crippen molar-refractivity contribution in [3.8, 4) is 0 Å². The van der Waals surface area contributed by atoms with Gasteiger partial charge in [0.05, 0.1) is 4.90 Å². The molecule has 1 fully saturated rings. The number of benzene rings is 1. The Hall–Kier alpha value is -2.38. The molecule has 0 bridgehead atoms. The van der Waals surface area contributed by atoms with Crippen LogP contribution in [0.3, 0.4) is 0 Å². The predicted octanol–water partition coefficient (Wildman–Crippen LogP) is 0.973. The molecule has 30 heavy (non-hydrogen) atoms. The average molecular weight is 464 g/mol. The van der Waals surface area contributed by atoms with E-state index in [1.165, 1.54) is 37.8 Å². The SMILES string of the molecule is CC(C)(C)OC(=O)N(OC(=O)N1CCNCC1)S(=O)(=O)c1ccccc1S(C)(=O)=O. The Labute approximate surface area is 175 Å². The van der Waals surface area contributed by atoms with E-state index in [0.29, 0.717) is 13.1 Å². The minimum atomic E-state index is -4.93. The van der Waals surface area contributed by atoms with E-state index in [1.54, 1.807) is 0 Å². The molecule has 0 atom stereocenters. The first-order chi connectivity index (χ1) is 13.7. The first kappa shape index (κ1) is 23.9. The highest BCUT2D eigenvalue weighted by atomic mass is 32.2. The maximum atomic E-state index is 13.2. The highest BCUT2D eigenvalue weighted by molar-refractivity contribution is 7.93. The van der Waals surface area contributed by atoms with Gasteiger partial charge in [0, 0.05) is 32.4 Å². The molecule has 0 aliphatic carbocycles. The molecule has 0 spiro atoms. The zero-order valence-electron chi connectivity index (χ0n) is 17.1. The van der Waals surface area contributed by atoms with Crippen molar-refractivity contribution in [2.45, 2.75) is 36.2 Å². The van der Waals surface area contributed by atoms with Crippen LogP contribution in [-0.4, -0.2) is 76.4 Å². The van der Waals surface area contributed by atoms with Crippen LogP contribution in [0, 0.1) is 0 Å². The summed E-state index contributed by atoms with van der Waals surface area (Å²) < 4.78 is 55.4. The van der Waals surface area contributed by atoms with Gasteiger partial charge in [-0.1, -0.05) is 12.1 Å². The third-order valence-corrected chi connectivity index (χ3v) is 6.68. The standard InChI is InChI=1S/C17H25N3O8S2/c1-17(2,3)27-16(22)20(28-15(21)19-11-9-18-10-12-19)30(25,26)14-8-6-5-7-13(14)29(4,23)24/h5-8,18H,9-12H2,1-4H3. The van der Waals surface area contributed by atoms with Gasteiger partial charge in [-0.25, -0.2) is 18.0 Å². The number of carbonyl (C=O) groups excluding carboxylic acids is 2. The maximum Gasteiger partial charge on any atom is 0.459 e. The van der Waals surface area contributed by atoms with E-state index in [1.807, 2.05) is 0 Å². The fraction of sp³-hybridized carbons (Fsp3) is 0.529. The fourth-order valence-electron chi connectivity index (χ4n) is 2.52. The maximum absolute atomic E-state index is 13.2. The van der Waals surface area contributed by atoms with Gasteiger partial charge in [0.2, 0.25) is 0 Å². The van der Waals surface area contributed by atoms with Gasteiger partial charge < -0.3 is 15.0 Å². The topological polar surface area (TPSA) is 139 Å². The molecule has 1 aromatic rings. The quantitative estimate of drug-likeness (QED) is 0.649. The molecule has 1 aliphatic heterocycles. The van der Waals surface area contributed by atoms with E-state index < -0.39 is 47.4 Å².